The van der Waals surface area contributed by atoms with Crippen LogP contribution in [0.1, 0.15) is 29.4 Å². The lowest BCUT2D eigenvalue weighted by molar-refractivity contribution is -0.137. The monoisotopic (exact) mass is 645 g/mol. The molecule has 0 radical (unpaired) electrons. The van der Waals surface area contributed by atoms with Crippen LogP contribution in [0.25, 0.3) is 28.0 Å². The number of hydrogen-bond acceptors (Lipinski definition) is 8. The Morgan fingerprint density at radius 2 is 1.88 bits per heavy atom. The van der Waals surface area contributed by atoms with E-state index in [9.17, 15) is 18.8 Å². The first-order valence-corrected chi connectivity index (χ1v) is 14.2. The molecular weight excluding hydrogens is 621 g/mol. The van der Waals surface area contributed by atoms with Gasteiger partial charge in [-0.3, -0.25) is 19.1 Å². The van der Waals surface area contributed by atoms with Crippen molar-refractivity contribution in [3.8, 4) is 17.1 Å². The molecule has 0 saturated carbocycles. The summed E-state index contributed by atoms with van der Waals surface area (Å²) < 4.78 is 18.0. The molecule has 5 aromatic rings. The van der Waals surface area contributed by atoms with E-state index in [1.54, 1.807) is 53.7 Å². The van der Waals surface area contributed by atoms with Crippen LogP contribution in [-0.4, -0.2) is 75.8 Å². The Balaban J connectivity index is 1.25. The number of carbonyl (C=O) groups excluding carboxylic acids is 3. The van der Waals surface area contributed by atoms with Gasteiger partial charge in [-0.15, -0.1) is 0 Å². The number of nitrogens with zero attached hydrogens (tertiary/aromatic N) is 8. The summed E-state index contributed by atoms with van der Waals surface area (Å²) in [6.07, 6.45) is 5.37. The molecule has 1 aliphatic heterocycles. The van der Waals surface area contributed by atoms with E-state index < -0.39 is 24.0 Å². The van der Waals surface area contributed by atoms with Gasteiger partial charge in [0.1, 0.15) is 34.9 Å². The smallest absolute Gasteiger partial charge is 0.250 e. The molecule has 1 N–H and O–H groups in total. The molecule has 218 valence electrons. The van der Waals surface area contributed by atoms with Gasteiger partial charge in [-0.25, -0.2) is 24.0 Å². The zero-order chi connectivity index (χ0) is 30.2. The number of fused-ring (bicyclic) bond motifs is 1. The van der Waals surface area contributed by atoms with Crippen LogP contribution in [0.5, 0.6) is 0 Å². The average Bonchev–Trinajstić information content (AvgIpc) is 3.71. The van der Waals surface area contributed by atoms with Crippen LogP contribution in [0.15, 0.2) is 65.8 Å². The van der Waals surface area contributed by atoms with Crippen LogP contribution in [0.3, 0.4) is 0 Å². The molecule has 43 heavy (non-hydrogen) atoms. The average molecular weight is 646 g/mol. The summed E-state index contributed by atoms with van der Waals surface area (Å²) in [5, 5.41) is 12.0. The standard InChI is InChI=1S/C29H25BrFN9O3/c1-16-10-32-29(33-11-16)40-13-19(12-34-40)18-6-7-22-21(8-18)27(17(2)41)37-39(22)15-26(42)38-14-20(31)9-23(38)28(43)36-25-5-3-4-24(30)35-25/h3-8,10-13,20,23H,9,14-15H2,1-2H3,(H,35,36,43)/t20-,23+/m1/s1. The lowest BCUT2D eigenvalue weighted by Gasteiger charge is -2.23. The molecule has 1 aromatic carbocycles. The molecule has 0 unspecified atom stereocenters. The first kappa shape index (κ1) is 28.3. The molecule has 0 spiro atoms. The van der Waals surface area contributed by atoms with Gasteiger partial charge in [-0.1, -0.05) is 12.1 Å². The van der Waals surface area contributed by atoms with Crippen LogP contribution < -0.4 is 5.32 Å². The van der Waals surface area contributed by atoms with Gasteiger partial charge in [0, 0.05) is 42.9 Å². The van der Waals surface area contributed by atoms with Crippen LogP contribution >= 0.6 is 15.9 Å². The highest BCUT2D eigenvalue weighted by Gasteiger charge is 2.40. The van der Waals surface area contributed by atoms with Crippen molar-refractivity contribution in [3.05, 3.63) is 77.0 Å². The van der Waals surface area contributed by atoms with Gasteiger partial charge in [-0.2, -0.15) is 10.2 Å². The van der Waals surface area contributed by atoms with E-state index >= 15 is 0 Å². The summed E-state index contributed by atoms with van der Waals surface area (Å²) in [4.78, 5) is 53.0. The van der Waals surface area contributed by atoms with E-state index in [4.69, 9.17) is 0 Å². The first-order chi connectivity index (χ1) is 20.7. The lowest BCUT2D eigenvalue weighted by Crippen LogP contribution is -2.44. The topological polar surface area (TPSA) is 141 Å². The minimum absolute atomic E-state index is 0.130. The second-order valence-electron chi connectivity index (χ2n) is 10.3. The SMILES string of the molecule is CC(=O)c1nn(CC(=O)N2C[C@H](F)C[C@H]2C(=O)Nc2cccc(Br)n2)c2ccc(-c3cnn(-c4ncc(C)cn4)c3)cc12. The van der Waals surface area contributed by atoms with E-state index in [1.165, 1.54) is 16.5 Å². The van der Waals surface area contributed by atoms with Crippen molar-refractivity contribution in [3.63, 3.8) is 0 Å². The van der Waals surface area contributed by atoms with E-state index in [1.807, 2.05) is 19.1 Å². The molecule has 1 aliphatic rings. The second kappa shape index (κ2) is 11.4. The molecule has 12 nitrogen and oxygen atoms in total. The van der Waals surface area contributed by atoms with Gasteiger partial charge in [0.2, 0.25) is 17.8 Å². The summed E-state index contributed by atoms with van der Waals surface area (Å²) in [7, 11) is 0. The van der Waals surface area contributed by atoms with Crippen molar-refractivity contribution in [2.75, 3.05) is 11.9 Å². The molecule has 2 amide bonds. The second-order valence-corrected chi connectivity index (χ2v) is 11.1. The molecule has 14 heteroatoms. The number of aryl methyl sites for hydroxylation is 1. The number of carbonyl (C=O) groups is 3. The summed E-state index contributed by atoms with van der Waals surface area (Å²) in [5.74, 6) is -0.599. The third kappa shape index (κ3) is 5.78. The largest absolute Gasteiger partial charge is 0.326 e. The number of aromatic nitrogens is 7. The summed E-state index contributed by atoms with van der Waals surface area (Å²) in [6, 6.07) is 9.41. The van der Waals surface area contributed by atoms with Crippen molar-refractivity contribution in [2.24, 2.45) is 0 Å². The van der Waals surface area contributed by atoms with Crippen LogP contribution in [0, 0.1) is 6.92 Å². The Morgan fingerprint density at radius 3 is 2.63 bits per heavy atom. The molecule has 4 aromatic heterocycles. The maximum absolute atomic E-state index is 14.5. The summed E-state index contributed by atoms with van der Waals surface area (Å²) >= 11 is 3.25. The Labute approximate surface area is 253 Å². The molecule has 2 atom stereocenters. The number of likely N-dealkylation sites (tertiary alicyclic amines) is 1. The van der Waals surface area contributed by atoms with Crippen LogP contribution in [-0.2, 0) is 16.1 Å². The predicted octanol–water partition coefficient (Wildman–Crippen LogP) is 3.93. The van der Waals surface area contributed by atoms with Gasteiger partial charge < -0.3 is 10.2 Å². The summed E-state index contributed by atoms with van der Waals surface area (Å²) in [6.45, 7) is 2.80. The van der Waals surface area contributed by atoms with E-state index in [0.29, 0.717) is 21.5 Å². The number of alkyl halides is 1. The highest BCUT2D eigenvalue weighted by atomic mass is 79.9. The third-order valence-electron chi connectivity index (χ3n) is 7.10. The molecule has 6 rings (SSSR count). The number of amides is 2. The van der Waals surface area contributed by atoms with Gasteiger partial charge in [0.15, 0.2) is 5.78 Å². The first-order valence-electron chi connectivity index (χ1n) is 13.4. The van der Waals surface area contributed by atoms with E-state index in [2.05, 4.69) is 46.4 Å². The van der Waals surface area contributed by atoms with E-state index in [-0.39, 0.29) is 36.8 Å². The maximum atomic E-state index is 14.5. The van der Waals surface area contributed by atoms with Crippen molar-refractivity contribution in [2.45, 2.75) is 39.0 Å². The van der Waals surface area contributed by atoms with Crippen molar-refractivity contribution in [1.29, 1.82) is 0 Å². The highest BCUT2D eigenvalue weighted by Crippen LogP contribution is 2.28. The van der Waals surface area contributed by atoms with Gasteiger partial charge in [0.05, 0.1) is 18.3 Å². The number of ketones is 1. The van der Waals surface area contributed by atoms with Gasteiger partial charge in [0.25, 0.3) is 0 Å². The van der Waals surface area contributed by atoms with E-state index in [0.717, 1.165) is 16.7 Å². The van der Waals surface area contributed by atoms with Gasteiger partial charge in [-0.05, 0) is 58.2 Å². The number of nitrogens with one attached hydrogen (secondary N) is 1. The minimum atomic E-state index is -1.36. The number of benzene rings is 1. The number of anilines is 1. The Bertz CT molecular complexity index is 1870. The fraction of sp³-hybridized carbons (Fsp3) is 0.241. The zero-order valence-electron chi connectivity index (χ0n) is 23.1. The normalized spacial score (nSPS) is 16.5. The zero-order valence-corrected chi connectivity index (χ0v) is 24.7. The number of halogens is 2. The Kier molecular flexibility index (Phi) is 7.52. The fourth-order valence-electron chi connectivity index (χ4n) is 5.04. The molecule has 1 saturated heterocycles. The van der Waals surface area contributed by atoms with Crippen molar-refractivity contribution >= 4 is 50.2 Å². The Hall–Kier alpha value is -4.85. The highest BCUT2D eigenvalue weighted by molar-refractivity contribution is 9.10. The maximum Gasteiger partial charge on any atom is 0.250 e. The quantitative estimate of drug-likeness (QED) is 0.207. The van der Waals surface area contributed by atoms with Crippen molar-refractivity contribution < 1.29 is 18.8 Å². The number of rotatable bonds is 7. The number of hydrogen-bond donors (Lipinski definition) is 1. The molecule has 5 heterocycles. The summed E-state index contributed by atoms with van der Waals surface area (Å²) in [5.41, 5.74) is 3.21. The molecule has 0 aliphatic carbocycles. The lowest BCUT2D eigenvalue weighted by atomic mass is 10.1. The fourth-order valence-corrected chi connectivity index (χ4v) is 5.38. The number of pyridine rings is 1. The van der Waals surface area contributed by atoms with Crippen LogP contribution in [0.4, 0.5) is 10.2 Å². The minimum Gasteiger partial charge on any atom is -0.326 e. The van der Waals surface area contributed by atoms with Crippen LogP contribution in [0.2, 0.25) is 0 Å². The Morgan fingerprint density at radius 1 is 1.09 bits per heavy atom. The van der Waals surface area contributed by atoms with Crippen molar-refractivity contribution in [1.82, 2.24) is 39.4 Å². The molecule has 1 fully saturated rings. The predicted molar refractivity (Wildman–Crippen MR) is 158 cm³/mol. The molecule has 0 bridgehead atoms. The molecular formula is C29H25BrFN9O3. The number of Topliss-reactive ketones (excluding diaryl/α,β-unsaturated/α-hetero) is 1. The van der Waals surface area contributed by atoms with Gasteiger partial charge >= 0.3 is 0 Å². The third-order valence-corrected chi connectivity index (χ3v) is 7.54.